The third-order valence-electron chi connectivity index (χ3n) is 3.15. The Labute approximate surface area is 128 Å². The molecule has 2 nitrogen and oxygen atoms in total. The van der Waals surface area contributed by atoms with E-state index in [1.165, 1.54) is 17.0 Å². The van der Waals surface area contributed by atoms with E-state index in [9.17, 15) is 8.78 Å². The summed E-state index contributed by atoms with van der Waals surface area (Å²) < 4.78 is 26.7. The van der Waals surface area contributed by atoms with E-state index >= 15 is 0 Å². The molecule has 1 heterocycles. The Balaban J connectivity index is 2.32. The number of nitrogens with zero attached hydrogens (tertiary/aromatic N) is 1. The molecule has 0 radical (unpaired) electrons. The Bertz CT molecular complexity index is 630. The monoisotopic (exact) mass is 310 g/mol. The van der Waals surface area contributed by atoms with E-state index in [2.05, 4.69) is 31.1 Å². The lowest BCUT2D eigenvalue weighted by Crippen LogP contribution is -2.16. The van der Waals surface area contributed by atoms with Crippen molar-refractivity contribution in [3.05, 3.63) is 51.0 Å². The average molecular weight is 310 g/mol. The number of benzene rings is 1. The highest BCUT2D eigenvalue weighted by molar-refractivity contribution is 7.11. The van der Waals surface area contributed by atoms with E-state index in [0.29, 0.717) is 12.0 Å². The van der Waals surface area contributed by atoms with Crippen molar-refractivity contribution < 1.29 is 8.78 Å². The highest BCUT2D eigenvalue weighted by Crippen LogP contribution is 2.31. The van der Waals surface area contributed by atoms with Crippen LogP contribution in [0.4, 0.5) is 8.78 Å². The molecule has 0 saturated heterocycles. The zero-order valence-corrected chi connectivity index (χ0v) is 13.6. The summed E-state index contributed by atoms with van der Waals surface area (Å²) in [6, 6.07) is 3.69. The van der Waals surface area contributed by atoms with Crippen molar-refractivity contribution in [2.24, 2.45) is 0 Å². The van der Waals surface area contributed by atoms with Gasteiger partial charge in [-0.2, -0.15) is 0 Å². The van der Waals surface area contributed by atoms with Crippen LogP contribution in [-0.4, -0.2) is 12.0 Å². The summed E-state index contributed by atoms with van der Waals surface area (Å²) in [4.78, 5) is 5.85. The first kappa shape index (κ1) is 16.0. The molecule has 0 atom stereocenters. The maximum atomic E-state index is 13.7. The summed E-state index contributed by atoms with van der Waals surface area (Å²) in [5.41, 5.74) is 1.46. The van der Waals surface area contributed by atoms with E-state index < -0.39 is 11.6 Å². The predicted octanol–water partition coefficient (Wildman–Crippen LogP) is 4.03. The molecule has 21 heavy (non-hydrogen) atoms. The summed E-state index contributed by atoms with van der Waals surface area (Å²) in [5, 5.41) is 4.00. The molecule has 0 unspecified atom stereocenters. The first-order valence-corrected chi connectivity index (χ1v) is 7.70. The normalized spacial score (nSPS) is 11.9. The number of thiazole rings is 1. The fourth-order valence-corrected chi connectivity index (χ4v) is 3.48. The standard InChI is InChI=1S/C16H20F2N2S/c1-16(2,3)15-13(9-19-4)21-14(20-15)7-10-5-6-11(17)8-12(10)18/h5-6,8,19H,7,9H2,1-4H3. The van der Waals surface area contributed by atoms with Crippen molar-refractivity contribution in [1.82, 2.24) is 10.3 Å². The van der Waals surface area contributed by atoms with E-state index in [1.807, 2.05) is 7.05 Å². The lowest BCUT2D eigenvalue weighted by Gasteiger charge is -2.17. The molecule has 0 saturated carbocycles. The molecule has 1 aromatic heterocycles. The van der Waals surface area contributed by atoms with Gasteiger partial charge in [0.1, 0.15) is 11.6 Å². The third kappa shape index (κ3) is 3.86. The van der Waals surface area contributed by atoms with Gasteiger partial charge in [-0.15, -0.1) is 11.3 Å². The Morgan fingerprint density at radius 2 is 1.95 bits per heavy atom. The molecule has 5 heteroatoms. The minimum atomic E-state index is -0.554. The maximum Gasteiger partial charge on any atom is 0.129 e. The number of hydrogen-bond donors (Lipinski definition) is 1. The SMILES string of the molecule is CNCc1sc(Cc2ccc(F)cc2F)nc1C(C)(C)C. The molecule has 0 amide bonds. The van der Waals surface area contributed by atoms with Crippen LogP contribution in [0, 0.1) is 11.6 Å². The smallest absolute Gasteiger partial charge is 0.129 e. The Kier molecular flexibility index (Phi) is 4.74. The van der Waals surface area contributed by atoms with Crippen LogP contribution < -0.4 is 5.32 Å². The second-order valence-corrected chi connectivity index (χ2v) is 7.24. The largest absolute Gasteiger partial charge is 0.315 e. The topological polar surface area (TPSA) is 24.9 Å². The van der Waals surface area contributed by atoms with E-state index in [-0.39, 0.29) is 5.41 Å². The van der Waals surface area contributed by atoms with Crippen LogP contribution in [0.5, 0.6) is 0 Å². The van der Waals surface area contributed by atoms with E-state index in [4.69, 9.17) is 0 Å². The van der Waals surface area contributed by atoms with Crippen molar-refractivity contribution in [2.75, 3.05) is 7.05 Å². The highest BCUT2D eigenvalue weighted by atomic mass is 32.1. The van der Waals surface area contributed by atoms with Gasteiger partial charge in [0.25, 0.3) is 0 Å². The molecular formula is C16H20F2N2S. The van der Waals surface area contributed by atoms with Crippen LogP contribution in [-0.2, 0) is 18.4 Å². The fraction of sp³-hybridized carbons (Fsp3) is 0.438. The van der Waals surface area contributed by atoms with Gasteiger partial charge < -0.3 is 5.32 Å². The maximum absolute atomic E-state index is 13.7. The van der Waals surface area contributed by atoms with Gasteiger partial charge in [-0.3, -0.25) is 0 Å². The van der Waals surface area contributed by atoms with Gasteiger partial charge in [-0.25, -0.2) is 13.8 Å². The Morgan fingerprint density at radius 1 is 1.24 bits per heavy atom. The molecule has 1 N–H and O–H groups in total. The number of hydrogen-bond acceptors (Lipinski definition) is 3. The quantitative estimate of drug-likeness (QED) is 0.922. The van der Waals surface area contributed by atoms with Crippen molar-refractivity contribution in [3.63, 3.8) is 0 Å². The van der Waals surface area contributed by atoms with Crippen LogP contribution in [0.25, 0.3) is 0 Å². The molecule has 2 rings (SSSR count). The van der Waals surface area contributed by atoms with E-state index in [0.717, 1.165) is 23.3 Å². The van der Waals surface area contributed by atoms with Gasteiger partial charge in [-0.05, 0) is 18.7 Å². The molecule has 0 aliphatic carbocycles. The summed E-state index contributed by atoms with van der Waals surface area (Å²) in [5.74, 6) is -1.07. The minimum Gasteiger partial charge on any atom is -0.315 e. The highest BCUT2D eigenvalue weighted by Gasteiger charge is 2.23. The van der Waals surface area contributed by atoms with Gasteiger partial charge in [0.2, 0.25) is 0 Å². The van der Waals surface area contributed by atoms with Crippen LogP contribution in [0.15, 0.2) is 18.2 Å². The third-order valence-corrected chi connectivity index (χ3v) is 4.20. The van der Waals surface area contributed by atoms with Gasteiger partial charge in [-0.1, -0.05) is 26.8 Å². The Hall–Kier alpha value is -1.33. The number of aromatic nitrogens is 1. The summed E-state index contributed by atoms with van der Waals surface area (Å²) in [7, 11) is 1.89. The minimum absolute atomic E-state index is 0.0533. The Morgan fingerprint density at radius 3 is 2.52 bits per heavy atom. The zero-order chi connectivity index (χ0) is 15.6. The molecule has 0 aliphatic rings. The zero-order valence-electron chi connectivity index (χ0n) is 12.8. The first-order valence-electron chi connectivity index (χ1n) is 6.89. The van der Waals surface area contributed by atoms with Gasteiger partial charge in [0.15, 0.2) is 0 Å². The van der Waals surface area contributed by atoms with Crippen LogP contribution >= 0.6 is 11.3 Å². The lowest BCUT2D eigenvalue weighted by molar-refractivity contribution is 0.560. The van der Waals surface area contributed by atoms with Crippen molar-refractivity contribution in [2.45, 2.75) is 39.2 Å². The molecular weight excluding hydrogens is 290 g/mol. The molecule has 1 aromatic carbocycles. The van der Waals surface area contributed by atoms with Crippen molar-refractivity contribution in [3.8, 4) is 0 Å². The molecule has 0 fully saturated rings. The number of nitrogens with one attached hydrogen (secondary N) is 1. The van der Waals surface area contributed by atoms with Crippen LogP contribution in [0.2, 0.25) is 0 Å². The second kappa shape index (κ2) is 6.20. The van der Waals surface area contributed by atoms with E-state index in [1.54, 1.807) is 11.3 Å². The first-order chi connectivity index (χ1) is 9.81. The van der Waals surface area contributed by atoms with Crippen LogP contribution in [0.1, 0.15) is 41.9 Å². The molecule has 114 valence electrons. The fourth-order valence-electron chi connectivity index (χ4n) is 2.17. The lowest BCUT2D eigenvalue weighted by atomic mass is 9.91. The number of rotatable bonds is 4. The van der Waals surface area contributed by atoms with Gasteiger partial charge in [0, 0.05) is 29.3 Å². The summed E-state index contributed by atoms with van der Waals surface area (Å²) in [6.07, 6.45) is 0.392. The van der Waals surface area contributed by atoms with Crippen LogP contribution in [0.3, 0.4) is 0 Å². The molecule has 0 aliphatic heterocycles. The van der Waals surface area contributed by atoms with Crippen molar-refractivity contribution >= 4 is 11.3 Å². The molecule has 0 bridgehead atoms. The average Bonchev–Trinajstić information content (AvgIpc) is 2.76. The summed E-state index contributed by atoms with van der Waals surface area (Å²) >= 11 is 1.58. The second-order valence-electron chi connectivity index (χ2n) is 6.07. The van der Waals surface area contributed by atoms with Gasteiger partial charge >= 0.3 is 0 Å². The number of halogens is 2. The van der Waals surface area contributed by atoms with Crippen molar-refractivity contribution in [1.29, 1.82) is 0 Å². The summed E-state index contributed by atoms with van der Waals surface area (Å²) in [6.45, 7) is 7.09. The van der Waals surface area contributed by atoms with Gasteiger partial charge in [0.05, 0.1) is 10.7 Å². The molecule has 0 spiro atoms. The predicted molar refractivity (Wildman–Crippen MR) is 82.7 cm³/mol. The molecule has 2 aromatic rings.